The first kappa shape index (κ1) is 21.6. The van der Waals surface area contributed by atoms with Gasteiger partial charge in [-0.15, -0.1) is 21.5 Å². The van der Waals surface area contributed by atoms with E-state index < -0.39 is 0 Å². The summed E-state index contributed by atoms with van der Waals surface area (Å²) in [6.45, 7) is 3.71. The zero-order valence-electron chi connectivity index (χ0n) is 19.2. The summed E-state index contributed by atoms with van der Waals surface area (Å²) in [5.74, 6) is 1.96. The number of piperidine rings is 1. The number of hydrogen-bond donors (Lipinski definition) is 0. The molecule has 2 fully saturated rings. The molecule has 0 N–H and O–H groups in total. The molecule has 1 aliphatic heterocycles. The van der Waals surface area contributed by atoms with Crippen LogP contribution in [0.4, 0.5) is 0 Å². The maximum Gasteiger partial charge on any atom is 0.291 e. The first-order valence-electron chi connectivity index (χ1n) is 12.3. The highest BCUT2D eigenvalue weighted by atomic mass is 32.1. The molecule has 0 radical (unpaired) electrons. The molecule has 2 aromatic heterocycles. The normalized spacial score (nSPS) is 17.4. The van der Waals surface area contributed by atoms with E-state index in [9.17, 15) is 4.79 Å². The number of aryl methyl sites for hydroxylation is 1. The molecule has 0 atom stereocenters. The van der Waals surface area contributed by atoms with Gasteiger partial charge in [-0.05, 0) is 80.3 Å². The molecule has 0 bridgehead atoms. The van der Waals surface area contributed by atoms with E-state index in [0.717, 1.165) is 40.1 Å². The van der Waals surface area contributed by atoms with Gasteiger partial charge in [0.25, 0.3) is 11.7 Å². The number of aromatic nitrogens is 3. The van der Waals surface area contributed by atoms with Gasteiger partial charge in [0.05, 0.1) is 10.2 Å². The van der Waals surface area contributed by atoms with E-state index in [1.54, 1.807) is 0 Å². The smallest absolute Gasteiger partial charge is 0.291 e. The Morgan fingerprint density at radius 3 is 2.59 bits per heavy atom. The molecule has 34 heavy (non-hydrogen) atoms. The van der Waals surface area contributed by atoms with Crippen molar-refractivity contribution in [2.24, 2.45) is 11.8 Å². The Hall–Kier alpha value is -2.90. The van der Waals surface area contributed by atoms with Gasteiger partial charge < -0.3 is 9.32 Å². The van der Waals surface area contributed by atoms with Crippen LogP contribution in [0.15, 0.2) is 52.9 Å². The van der Waals surface area contributed by atoms with Gasteiger partial charge in [0.2, 0.25) is 5.89 Å². The number of carbonyl (C=O) groups excluding carboxylic acids is 1. The first-order chi connectivity index (χ1) is 16.7. The lowest BCUT2D eigenvalue weighted by atomic mass is 9.92. The van der Waals surface area contributed by atoms with Crippen LogP contribution in [0.3, 0.4) is 0 Å². The van der Waals surface area contributed by atoms with Gasteiger partial charge in [-0.2, -0.15) is 0 Å². The second-order valence-corrected chi connectivity index (χ2v) is 10.7. The lowest BCUT2D eigenvalue weighted by molar-refractivity contribution is 0.100. The van der Waals surface area contributed by atoms with E-state index in [1.165, 1.54) is 56.7 Å². The lowest BCUT2D eigenvalue weighted by Crippen LogP contribution is -2.35. The molecular formula is C27H28N4O2S. The van der Waals surface area contributed by atoms with Crippen molar-refractivity contribution in [3.8, 4) is 11.1 Å². The molecular weight excluding hydrogens is 444 g/mol. The summed E-state index contributed by atoms with van der Waals surface area (Å²) in [6, 6.07) is 16.3. The van der Waals surface area contributed by atoms with Gasteiger partial charge in [0.15, 0.2) is 5.01 Å². The van der Waals surface area contributed by atoms with Crippen LogP contribution in [0.1, 0.15) is 53.7 Å². The van der Waals surface area contributed by atoms with Crippen LogP contribution >= 0.6 is 11.3 Å². The zero-order chi connectivity index (χ0) is 22.9. The van der Waals surface area contributed by atoms with Crippen molar-refractivity contribution in [1.29, 1.82) is 0 Å². The van der Waals surface area contributed by atoms with Crippen molar-refractivity contribution >= 4 is 27.3 Å². The summed E-state index contributed by atoms with van der Waals surface area (Å²) >= 11 is 1.37. The average molecular weight is 473 g/mol. The van der Waals surface area contributed by atoms with Crippen molar-refractivity contribution in [3.63, 3.8) is 0 Å². The number of hydrogen-bond acceptors (Lipinski definition) is 7. The van der Waals surface area contributed by atoms with Crippen molar-refractivity contribution in [2.45, 2.75) is 38.5 Å². The maximum atomic E-state index is 13.0. The van der Waals surface area contributed by atoms with E-state index in [0.29, 0.717) is 16.8 Å². The molecule has 0 amide bonds. The van der Waals surface area contributed by atoms with Crippen LogP contribution in [-0.2, 0) is 6.42 Å². The van der Waals surface area contributed by atoms with Crippen molar-refractivity contribution in [1.82, 2.24) is 20.1 Å². The number of nitrogens with zero attached hydrogens (tertiary/aromatic N) is 4. The first-order valence-corrected chi connectivity index (χ1v) is 13.1. The van der Waals surface area contributed by atoms with Gasteiger partial charge in [0, 0.05) is 13.0 Å². The van der Waals surface area contributed by atoms with Gasteiger partial charge in [0.1, 0.15) is 0 Å². The predicted octanol–water partition coefficient (Wildman–Crippen LogP) is 5.63. The quantitative estimate of drug-likeness (QED) is 0.309. The van der Waals surface area contributed by atoms with E-state index in [-0.39, 0.29) is 11.7 Å². The molecule has 0 spiro atoms. The van der Waals surface area contributed by atoms with E-state index >= 15 is 0 Å². The predicted molar refractivity (Wildman–Crippen MR) is 133 cm³/mol. The van der Waals surface area contributed by atoms with Gasteiger partial charge in [-0.3, -0.25) is 4.79 Å². The summed E-state index contributed by atoms with van der Waals surface area (Å²) in [5, 5.41) is 8.57. The SMILES string of the molecule is O=C(c1nnc(CCC2CCN(CC3CC3)CC2)o1)c1nc2ccc(-c3ccccc3)cc2s1. The topological polar surface area (TPSA) is 72.1 Å². The fourth-order valence-corrected chi connectivity index (χ4v) is 5.76. The van der Waals surface area contributed by atoms with E-state index in [4.69, 9.17) is 4.42 Å². The Balaban J connectivity index is 1.08. The lowest BCUT2D eigenvalue weighted by Gasteiger charge is -2.31. The Morgan fingerprint density at radius 1 is 0.971 bits per heavy atom. The minimum absolute atomic E-state index is 0.0385. The molecule has 2 aromatic carbocycles. The number of ketones is 1. The highest BCUT2D eigenvalue weighted by Gasteiger charge is 2.27. The van der Waals surface area contributed by atoms with Gasteiger partial charge in [-0.25, -0.2) is 4.98 Å². The number of fused-ring (bicyclic) bond motifs is 1. The third-order valence-electron chi connectivity index (χ3n) is 7.04. The second-order valence-electron chi connectivity index (χ2n) is 9.62. The molecule has 1 aliphatic carbocycles. The summed E-state index contributed by atoms with van der Waals surface area (Å²) in [4.78, 5) is 20.1. The van der Waals surface area contributed by atoms with Gasteiger partial charge in [-0.1, -0.05) is 36.4 Å². The Morgan fingerprint density at radius 2 is 1.79 bits per heavy atom. The van der Waals surface area contributed by atoms with Crippen LogP contribution in [0, 0.1) is 11.8 Å². The summed E-state index contributed by atoms with van der Waals surface area (Å²) in [5.41, 5.74) is 3.05. The molecule has 1 saturated carbocycles. The molecule has 6 nitrogen and oxygen atoms in total. The fraction of sp³-hybridized carbons (Fsp3) is 0.407. The van der Waals surface area contributed by atoms with E-state index in [1.807, 2.05) is 30.3 Å². The Bertz CT molecular complexity index is 1290. The third-order valence-corrected chi connectivity index (χ3v) is 8.05. The monoisotopic (exact) mass is 472 g/mol. The van der Waals surface area contributed by atoms with E-state index in [2.05, 4.69) is 38.3 Å². The second kappa shape index (κ2) is 9.39. The maximum absolute atomic E-state index is 13.0. The van der Waals surface area contributed by atoms with Crippen LogP contribution < -0.4 is 0 Å². The molecule has 0 unspecified atom stereocenters. The summed E-state index contributed by atoms with van der Waals surface area (Å²) in [6.07, 6.45) is 7.09. The molecule has 3 heterocycles. The van der Waals surface area contributed by atoms with Crippen LogP contribution in [0.25, 0.3) is 21.3 Å². The minimum Gasteiger partial charge on any atom is -0.418 e. The molecule has 6 rings (SSSR count). The number of rotatable bonds is 8. The number of thiazole rings is 1. The summed E-state index contributed by atoms with van der Waals surface area (Å²) in [7, 11) is 0. The van der Waals surface area contributed by atoms with Crippen LogP contribution in [0.5, 0.6) is 0 Å². The average Bonchev–Trinajstić information content (AvgIpc) is 3.39. The molecule has 1 saturated heterocycles. The number of likely N-dealkylation sites (tertiary alicyclic amines) is 1. The molecule has 174 valence electrons. The highest BCUT2D eigenvalue weighted by molar-refractivity contribution is 7.20. The standard InChI is InChI=1S/C27H28N4O2S/c32-25(27-28-22-10-9-21(16-23(22)34-27)20-4-2-1-3-5-20)26-30-29-24(33-26)11-8-18-12-14-31(15-13-18)17-19-6-7-19/h1-5,9-10,16,18-19H,6-8,11-15,17H2. The van der Waals surface area contributed by atoms with Crippen LogP contribution in [0.2, 0.25) is 0 Å². The number of carbonyl (C=O) groups is 1. The minimum atomic E-state index is -0.297. The Kier molecular flexibility index (Phi) is 5.97. The largest absolute Gasteiger partial charge is 0.418 e. The van der Waals surface area contributed by atoms with Crippen molar-refractivity contribution in [3.05, 3.63) is 65.3 Å². The van der Waals surface area contributed by atoms with Crippen LogP contribution in [-0.4, -0.2) is 45.5 Å². The number of benzene rings is 2. The fourth-order valence-electron chi connectivity index (χ4n) is 4.82. The van der Waals surface area contributed by atoms with Crippen molar-refractivity contribution in [2.75, 3.05) is 19.6 Å². The summed E-state index contributed by atoms with van der Waals surface area (Å²) < 4.78 is 6.72. The Labute approximate surface area is 203 Å². The molecule has 2 aliphatic rings. The molecule has 4 aromatic rings. The van der Waals surface area contributed by atoms with Crippen molar-refractivity contribution < 1.29 is 9.21 Å². The highest BCUT2D eigenvalue weighted by Crippen LogP contribution is 2.32. The zero-order valence-corrected chi connectivity index (χ0v) is 20.0. The molecule has 7 heteroatoms. The third kappa shape index (κ3) is 4.81. The van der Waals surface area contributed by atoms with Gasteiger partial charge >= 0.3 is 0 Å².